The summed E-state index contributed by atoms with van der Waals surface area (Å²) in [4.78, 5) is 12.7. The quantitative estimate of drug-likeness (QED) is 0.0717. The molecule has 0 aromatic heterocycles. The van der Waals surface area contributed by atoms with Crippen molar-refractivity contribution in [1.29, 1.82) is 5.41 Å². The van der Waals surface area contributed by atoms with Crippen molar-refractivity contribution in [2.24, 2.45) is 0 Å². The highest BCUT2D eigenvalue weighted by Crippen LogP contribution is 2.29. The predicted molar refractivity (Wildman–Crippen MR) is 157 cm³/mol. The number of carbonyl (C=O) groups is 1. The van der Waals surface area contributed by atoms with Crippen molar-refractivity contribution in [2.45, 2.75) is 58.8 Å². The van der Waals surface area contributed by atoms with Crippen molar-refractivity contribution in [1.82, 2.24) is 5.32 Å². The fourth-order valence-electron chi connectivity index (χ4n) is 4.27. The molecule has 5 nitrogen and oxygen atoms in total. The van der Waals surface area contributed by atoms with Gasteiger partial charge in [-0.3, -0.25) is 5.41 Å². The Balaban J connectivity index is 1.47. The molecule has 0 bridgehead atoms. The smallest absolute Gasteiger partial charge is 0.343 e. The molecule has 0 saturated carbocycles. The van der Waals surface area contributed by atoms with Crippen LogP contribution in [0.4, 0.5) is 0 Å². The molecule has 0 fully saturated rings. The summed E-state index contributed by atoms with van der Waals surface area (Å²) in [5.41, 5.74) is 5.33. The van der Waals surface area contributed by atoms with Gasteiger partial charge >= 0.3 is 5.97 Å². The van der Waals surface area contributed by atoms with Crippen LogP contribution in [-0.4, -0.2) is 25.0 Å². The van der Waals surface area contributed by atoms with E-state index >= 15 is 0 Å². The molecule has 200 valence electrons. The van der Waals surface area contributed by atoms with Crippen LogP contribution in [0.2, 0.25) is 0 Å². The van der Waals surface area contributed by atoms with E-state index in [2.05, 4.69) is 50.0 Å². The van der Waals surface area contributed by atoms with E-state index in [0.717, 1.165) is 62.8 Å². The van der Waals surface area contributed by atoms with Crippen LogP contribution in [-0.2, 0) is 12.8 Å². The van der Waals surface area contributed by atoms with Crippen LogP contribution >= 0.6 is 0 Å². The molecule has 0 radical (unpaired) electrons. The van der Waals surface area contributed by atoms with Gasteiger partial charge in [-0.1, -0.05) is 70.0 Å². The Hall–Kier alpha value is -3.86. The highest BCUT2D eigenvalue weighted by atomic mass is 16.5. The van der Waals surface area contributed by atoms with E-state index in [1.807, 2.05) is 30.3 Å². The Labute approximate surface area is 227 Å². The maximum Gasteiger partial charge on any atom is 0.343 e. The average Bonchev–Trinajstić information content (AvgIpc) is 2.95. The molecule has 5 heteroatoms. The van der Waals surface area contributed by atoms with Gasteiger partial charge in [0.1, 0.15) is 17.3 Å². The fraction of sp³-hybridized carbons (Fsp3) is 0.333. The SMILES string of the molecule is C=CC(=N)NCCCCCCOc1ccc(C(=O)Oc2ccc(-c3ccc(CCC)cc3)c(CC)c2)cc1. The molecule has 0 aliphatic heterocycles. The summed E-state index contributed by atoms with van der Waals surface area (Å²) in [5.74, 6) is 1.28. The monoisotopic (exact) mass is 512 g/mol. The van der Waals surface area contributed by atoms with Crippen LogP contribution in [0.1, 0.15) is 67.4 Å². The third-order valence-corrected chi connectivity index (χ3v) is 6.42. The lowest BCUT2D eigenvalue weighted by Crippen LogP contribution is -2.21. The first-order chi connectivity index (χ1) is 18.5. The topological polar surface area (TPSA) is 71.4 Å². The van der Waals surface area contributed by atoms with Crippen molar-refractivity contribution in [3.8, 4) is 22.6 Å². The Bertz CT molecular complexity index is 1180. The first-order valence-electron chi connectivity index (χ1n) is 13.7. The second kappa shape index (κ2) is 15.4. The van der Waals surface area contributed by atoms with Gasteiger partial charge in [0, 0.05) is 6.54 Å². The van der Waals surface area contributed by atoms with Crippen molar-refractivity contribution < 1.29 is 14.3 Å². The van der Waals surface area contributed by atoms with Crippen molar-refractivity contribution in [3.05, 3.63) is 96.1 Å². The summed E-state index contributed by atoms with van der Waals surface area (Å²) in [6, 6.07) is 21.7. The van der Waals surface area contributed by atoms with Gasteiger partial charge in [-0.2, -0.15) is 0 Å². The maximum absolute atomic E-state index is 12.7. The third kappa shape index (κ3) is 8.91. The summed E-state index contributed by atoms with van der Waals surface area (Å²) in [5, 5.41) is 10.5. The molecule has 0 aliphatic carbocycles. The molecule has 0 spiro atoms. The zero-order chi connectivity index (χ0) is 27.2. The molecule has 0 aliphatic rings. The largest absolute Gasteiger partial charge is 0.494 e. The van der Waals surface area contributed by atoms with Gasteiger partial charge in [0.2, 0.25) is 0 Å². The molecule has 0 saturated heterocycles. The zero-order valence-corrected chi connectivity index (χ0v) is 22.7. The van der Waals surface area contributed by atoms with Crippen LogP contribution in [0.25, 0.3) is 11.1 Å². The highest BCUT2D eigenvalue weighted by molar-refractivity contribution is 5.91. The lowest BCUT2D eigenvalue weighted by Gasteiger charge is -2.12. The lowest BCUT2D eigenvalue weighted by molar-refractivity contribution is 0.0734. The average molecular weight is 513 g/mol. The van der Waals surface area contributed by atoms with Gasteiger partial charge in [-0.25, -0.2) is 4.79 Å². The lowest BCUT2D eigenvalue weighted by atomic mass is 9.96. The normalized spacial score (nSPS) is 10.6. The van der Waals surface area contributed by atoms with E-state index < -0.39 is 0 Å². The predicted octanol–water partition coefficient (Wildman–Crippen LogP) is 7.78. The Kier molecular flexibility index (Phi) is 11.6. The fourth-order valence-corrected chi connectivity index (χ4v) is 4.27. The number of hydrogen-bond donors (Lipinski definition) is 2. The van der Waals surface area contributed by atoms with Gasteiger partial charge in [0.05, 0.1) is 12.2 Å². The van der Waals surface area contributed by atoms with Gasteiger partial charge < -0.3 is 14.8 Å². The highest BCUT2D eigenvalue weighted by Gasteiger charge is 2.12. The zero-order valence-electron chi connectivity index (χ0n) is 22.7. The van der Waals surface area contributed by atoms with Crippen LogP contribution in [0.3, 0.4) is 0 Å². The van der Waals surface area contributed by atoms with Gasteiger partial charge in [-0.15, -0.1) is 0 Å². The molecule has 0 heterocycles. The minimum atomic E-state index is -0.381. The molecule has 2 N–H and O–H groups in total. The number of hydrogen-bond acceptors (Lipinski definition) is 4. The Morgan fingerprint density at radius 2 is 1.63 bits per heavy atom. The summed E-state index contributed by atoms with van der Waals surface area (Å²) in [6.07, 6.45) is 8.70. The number of amidine groups is 1. The van der Waals surface area contributed by atoms with Gasteiger partial charge in [0.25, 0.3) is 0 Å². The standard InChI is InChI=1S/C33H40N2O3/c1-4-11-25-12-14-27(15-13-25)31-21-20-30(24-26(31)5-2)38-33(36)28-16-18-29(19-17-28)37-23-10-8-7-9-22-35-32(34)6-3/h6,12-21,24H,3-5,7-11,22-23H2,1-2H3,(H2,34,35). The molecule has 0 atom stereocenters. The number of nitrogens with one attached hydrogen (secondary N) is 2. The van der Waals surface area contributed by atoms with Crippen LogP contribution in [0.15, 0.2) is 79.4 Å². The Morgan fingerprint density at radius 1 is 0.921 bits per heavy atom. The minimum absolute atomic E-state index is 0.369. The molecular weight excluding hydrogens is 472 g/mol. The number of ether oxygens (including phenoxy) is 2. The van der Waals surface area contributed by atoms with Crippen LogP contribution < -0.4 is 14.8 Å². The summed E-state index contributed by atoms with van der Waals surface area (Å²) in [7, 11) is 0. The third-order valence-electron chi connectivity index (χ3n) is 6.42. The second-order valence-electron chi connectivity index (χ2n) is 9.34. The summed E-state index contributed by atoms with van der Waals surface area (Å²) < 4.78 is 11.5. The van der Waals surface area contributed by atoms with Gasteiger partial charge in [-0.05, 0) is 90.4 Å². The first kappa shape index (κ1) is 28.7. The van der Waals surface area contributed by atoms with E-state index in [-0.39, 0.29) is 5.97 Å². The van der Waals surface area contributed by atoms with E-state index in [0.29, 0.717) is 23.8 Å². The van der Waals surface area contributed by atoms with E-state index in [1.54, 1.807) is 12.1 Å². The Morgan fingerprint density at radius 3 is 2.32 bits per heavy atom. The van der Waals surface area contributed by atoms with E-state index in [9.17, 15) is 4.79 Å². The van der Waals surface area contributed by atoms with Crippen molar-refractivity contribution in [3.63, 3.8) is 0 Å². The van der Waals surface area contributed by atoms with E-state index in [4.69, 9.17) is 14.9 Å². The number of carbonyl (C=O) groups excluding carboxylic acids is 1. The van der Waals surface area contributed by atoms with Crippen molar-refractivity contribution >= 4 is 11.8 Å². The number of esters is 1. The summed E-state index contributed by atoms with van der Waals surface area (Å²) >= 11 is 0. The molecule has 3 rings (SSSR count). The second-order valence-corrected chi connectivity index (χ2v) is 9.34. The molecule has 3 aromatic rings. The molecular formula is C33H40N2O3. The van der Waals surface area contributed by atoms with Crippen molar-refractivity contribution in [2.75, 3.05) is 13.2 Å². The van der Waals surface area contributed by atoms with Crippen LogP contribution in [0, 0.1) is 5.41 Å². The molecule has 0 amide bonds. The molecule has 3 aromatic carbocycles. The maximum atomic E-state index is 12.7. The number of unbranched alkanes of at least 4 members (excludes halogenated alkanes) is 3. The number of rotatable bonds is 15. The number of benzene rings is 3. The first-order valence-corrected chi connectivity index (χ1v) is 13.7. The number of aryl methyl sites for hydroxylation is 2. The molecule has 0 unspecified atom stereocenters. The minimum Gasteiger partial charge on any atom is -0.494 e. The summed E-state index contributed by atoms with van der Waals surface area (Å²) in [6.45, 7) is 9.29. The molecule has 38 heavy (non-hydrogen) atoms. The van der Waals surface area contributed by atoms with Gasteiger partial charge in [0.15, 0.2) is 0 Å². The van der Waals surface area contributed by atoms with Crippen LogP contribution in [0.5, 0.6) is 11.5 Å². The van der Waals surface area contributed by atoms with E-state index in [1.165, 1.54) is 22.8 Å².